The van der Waals surface area contributed by atoms with Crippen LogP contribution in [0.25, 0.3) is 0 Å². The molecule has 0 fully saturated rings. The second-order valence-corrected chi connectivity index (χ2v) is 8.79. The molecule has 0 saturated heterocycles. The maximum absolute atomic E-state index is 12.6. The molecule has 3 amide bonds. The number of nitrogens with one attached hydrogen (secondary N) is 5. The minimum Gasteiger partial charge on any atom is -0.480 e. The number of aliphatic carboxylic acids is 1. The normalized spacial score (nSPS) is 16.6. The Hall–Kier alpha value is -4.54. The van der Waals surface area contributed by atoms with Crippen LogP contribution in [0, 0.1) is 5.41 Å². The first kappa shape index (κ1) is 31.0. The van der Waals surface area contributed by atoms with E-state index in [9.17, 15) is 24.3 Å². The van der Waals surface area contributed by atoms with E-state index >= 15 is 0 Å². The topological polar surface area (TPSA) is 242 Å². The number of aliphatic imine (C=N–C) groups is 3. The largest absolute Gasteiger partial charge is 0.480 e. The first-order valence-corrected chi connectivity index (χ1v) is 12.9. The zero-order valence-electron chi connectivity index (χ0n) is 22.2. The summed E-state index contributed by atoms with van der Waals surface area (Å²) in [6, 6.07) is 4.15. The number of nitrogens with zero attached hydrogens (tertiary/aromatic N) is 3. The Morgan fingerprint density at radius 2 is 1.85 bits per heavy atom. The van der Waals surface area contributed by atoms with Crippen molar-refractivity contribution >= 4 is 53.1 Å². The van der Waals surface area contributed by atoms with Gasteiger partial charge in [0.25, 0.3) is 11.8 Å². The van der Waals surface area contributed by atoms with Gasteiger partial charge in [0.1, 0.15) is 6.04 Å². The van der Waals surface area contributed by atoms with Crippen molar-refractivity contribution in [2.45, 2.75) is 24.9 Å². The molecule has 3 rings (SSSR count). The van der Waals surface area contributed by atoms with E-state index in [1.165, 1.54) is 18.3 Å². The summed E-state index contributed by atoms with van der Waals surface area (Å²) < 4.78 is 10.5. The van der Waals surface area contributed by atoms with Gasteiger partial charge in [-0.1, -0.05) is 0 Å². The smallest absolute Gasteiger partial charge is 0.326 e. The van der Waals surface area contributed by atoms with Crippen LogP contribution in [-0.4, -0.2) is 111 Å². The summed E-state index contributed by atoms with van der Waals surface area (Å²) in [5.74, 6) is -2.81. The van der Waals surface area contributed by atoms with Crippen LogP contribution in [0.5, 0.6) is 0 Å². The number of carbonyl (C=O) groups excluding carboxylic acids is 3. The first-order chi connectivity index (χ1) is 19.8. The predicted octanol–water partition coefficient (Wildman–Crippen LogP) is -1.47. The molecular weight excluding hydrogens is 538 g/mol. The lowest BCUT2D eigenvalue weighted by Crippen LogP contribution is -2.47. The van der Waals surface area contributed by atoms with Crippen molar-refractivity contribution < 1.29 is 33.8 Å². The third-order valence-electron chi connectivity index (χ3n) is 5.69. The standard InChI is InChI=1S/C25H33N9O7/c26-7-9-40-11-12-41-10-8-28-19(35)6-5-18(24(38)39)32-22(36)15-1-3-16(4-2-15)29-13-17-14-30-21-20(31-17)23(37)34-25(27)33-21/h1-4,14,18,20,29H,5-13,26H2,(H,28,35)(H,32,36)(H,38,39)(H2,27,34,37)/t18-,20?/m0/s1. The number of nitrogens with two attached hydrogens (primary N) is 1. The third-order valence-corrected chi connectivity index (χ3v) is 5.69. The Morgan fingerprint density at radius 3 is 2.56 bits per heavy atom. The minimum absolute atomic E-state index is 0.0867. The van der Waals surface area contributed by atoms with Crippen LogP contribution in [0.4, 0.5) is 5.69 Å². The van der Waals surface area contributed by atoms with E-state index < -0.39 is 29.9 Å². The fourth-order valence-electron chi connectivity index (χ4n) is 3.62. The minimum atomic E-state index is -1.25. The maximum atomic E-state index is 12.6. The number of fused-ring (bicyclic) bond motifs is 1. The van der Waals surface area contributed by atoms with Crippen LogP contribution in [0.15, 0.2) is 39.2 Å². The van der Waals surface area contributed by atoms with Crippen LogP contribution in [0.2, 0.25) is 0 Å². The summed E-state index contributed by atoms with van der Waals surface area (Å²) in [7, 11) is 0. The zero-order chi connectivity index (χ0) is 29.6. The van der Waals surface area contributed by atoms with Crippen LogP contribution in [-0.2, 0) is 23.9 Å². The monoisotopic (exact) mass is 571 g/mol. The first-order valence-electron chi connectivity index (χ1n) is 12.9. The van der Waals surface area contributed by atoms with E-state index in [1.807, 2.05) is 0 Å². The lowest BCUT2D eigenvalue weighted by Gasteiger charge is -2.21. The highest BCUT2D eigenvalue weighted by molar-refractivity contribution is 6.38. The van der Waals surface area contributed by atoms with E-state index in [2.05, 4.69) is 36.2 Å². The quantitative estimate of drug-likeness (QED) is 0.108. The Labute approximate surface area is 235 Å². The van der Waals surface area contributed by atoms with Crippen LogP contribution >= 0.6 is 0 Å². The molecule has 0 saturated carbocycles. The Kier molecular flexibility index (Phi) is 12.0. The molecule has 220 valence electrons. The number of amides is 3. The molecule has 1 unspecified atom stereocenters. The molecule has 2 aliphatic rings. The predicted molar refractivity (Wildman–Crippen MR) is 150 cm³/mol. The van der Waals surface area contributed by atoms with Crippen molar-refractivity contribution in [2.75, 3.05) is 51.4 Å². The van der Waals surface area contributed by atoms with Gasteiger partial charge in [-0.05, 0) is 30.7 Å². The molecular formula is C25H33N9O7. The molecule has 0 radical (unpaired) electrons. The maximum Gasteiger partial charge on any atom is 0.326 e. The van der Waals surface area contributed by atoms with Crippen molar-refractivity contribution in [1.82, 2.24) is 16.0 Å². The van der Waals surface area contributed by atoms with Crippen molar-refractivity contribution in [3.8, 4) is 0 Å². The third kappa shape index (κ3) is 10.2. The lowest BCUT2D eigenvalue weighted by atomic mass is 10.1. The number of carboxylic acids is 1. The summed E-state index contributed by atoms with van der Waals surface area (Å²) in [5, 5.41) is 27.4. The molecule has 0 spiro atoms. The van der Waals surface area contributed by atoms with Crippen LogP contribution < -0.4 is 27.0 Å². The van der Waals surface area contributed by atoms with Gasteiger partial charge in [0.15, 0.2) is 11.9 Å². The van der Waals surface area contributed by atoms with Gasteiger partial charge in [-0.15, -0.1) is 0 Å². The van der Waals surface area contributed by atoms with E-state index in [0.717, 1.165) is 0 Å². The fourth-order valence-corrected chi connectivity index (χ4v) is 3.62. The number of carbonyl (C=O) groups is 4. The molecule has 41 heavy (non-hydrogen) atoms. The number of ether oxygens (including phenoxy) is 2. The van der Waals surface area contributed by atoms with E-state index in [-0.39, 0.29) is 55.8 Å². The molecule has 16 heteroatoms. The van der Waals surface area contributed by atoms with Gasteiger partial charge >= 0.3 is 5.97 Å². The number of rotatable bonds is 17. The number of hydrogen-bond acceptors (Lipinski definition) is 11. The highest BCUT2D eigenvalue weighted by Crippen LogP contribution is 2.12. The summed E-state index contributed by atoms with van der Waals surface area (Å²) in [5.41, 5.74) is 6.68. The van der Waals surface area contributed by atoms with Crippen molar-refractivity contribution in [1.29, 1.82) is 5.41 Å². The number of amidine groups is 1. The van der Waals surface area contributed by atoms with Crippen molar-refractivity contribution in [2.24, 2.45) is 20.7 Å². The summed E-state index contributed by atoms with van der Waals surface area (Å²) >= 11 is 0. The summed E-state index contributed by atoms with van der Waals surface area (Å²) in [4.78, 5) is 60.6. The van der Waals surface area contributed by atoms with Gasteiger partial charge in [-0.3, -0.25) is 30.1 Å². The van der Waals surface area contributed by atoms with Gasteiger partial charge < -0.3 is 36.3 Å². The molecule has 2 atom stereocenters. The second-order valence-electron chi connectivity index (χ2n) is 8.79. The van der Waals surface area contributed by atoms with Crippen LogP contribution in [0.1, 0.15) is 23.2 Å². The van der Waals surface area contributed by atoms with Crippen molar-refractivity contribution in [3.05, 3.63) is 29.8 Å². The highest BCUT2D eigenvalue weighted by Gasteiger charge is 2.31. The highest BCUT2D eigenvalue weighted by atomic mass is 16.5. The van der Waals surface area contributed by atoms with Gasteiger partial charge in [0, 0.05) is 30.8 Å². The molecule has 8 N–H and O–H groups in total. The van der Waals surface area contributed by atoms with Crippen molar-refractivity contribution in [3.63, 3.8) is 0 Å². The SMILES string of the molecule is N=C1N=C2N=CC(CNc3ccc(C(=O)N[C@@H](CCC(=O)NCCOCCOCCN)C(=O)O)cc3)=NC2C(=O)N1. The number of benzene rings is 1. The fraction of sp³-hybridized carbons (Fsp3) is 0.440. The second kappa shape index (κ2) is 15.9. The summed E-state index contributed by atoms with van der Waals surface area (Å²) in [6.45, 7) is 2.44. The molecule has 0 aliphatic carbocycles. The van der Waals surface area contributed by atoms with E-state index in [0.29, 0.717) is 37.8 Å². The van der Waals surface area contributed by atoms with Gasteiger partial charge in [-0.25, -0.2) is 9.79 Å². The molecule has 16 nitrogen and oxygen atoms in total. The molecule has 0 bridgehead atoms. The molecule has 2 aliphatic heterocycles. The molecule has 1 aromatic carbocycles. The van der Waals surface area contributed by atoms with Gasteiger partial charge in [-0.2, -0.15) is 4.99 Å². The van der Waals surface area contributed by atoms with E-state index in [1.54, 1.807) is 12.1 Å². The number of guanidine groups is 1. The number of hydrogen-bond donors (Lipinski definition) is 7. The molecule has 1 aromatic rings. The van der Waals surface area contributed by atoms with Gasteiger partial charge in [0.2, 0.25) is 11.9 Å². The van der Waals surface area contributed by atoms with E-state index in [4.69, 9.17) is 20.6 Å². The molecule has 2 heterocycles. The zero-order valence-corrected chi connectivity index (χ0v) is 22.2. The Morgan fingerprint density at radius 1 is 1.12 bits per heavy atom. The average molecular weight is 572 g/mol. The molecule has 0 aromatic heterocycles. The lowest BCUT2D eigenvalue weighted by molar-refractivity contribution is -0.139. The summed E-state index contributed by atoms with van der Waals surface area (Å²) in [6.07, 6.45) is 1.28. The number of anilines is 1. The number of carboxylic acid groups (broad SMARTS) is 1. The Bertz CT molecular complexity index is 1210. The van der Waals surface area contributed by atoms with Gasteiger partial charge in [0.05, 0.1) is 44.9 Å². The average Bonchev–Trinajstić information content (AvgIpc) is 2.95. The Balaban J connectivity index is 1.40. The van der Waals surface area contributed by atoms with Crippen LogP contribution in [0.3, 0.4) is 0 Å².